The second-order valence-electron chi connectivity index (χ2n) is 4.91. The predicted octanol–water partition coefficient (Wildman–Crippen LogP) is -0.441. The maximum Gasteiger partial charge on any atom is 0.318 e. The van der Waals surface area contributed by atoms with Crippen molar-refractivity contribution in [3.8, 4) is 0 Å². The Labute approximate surface area is 100 Å². The van der Waals surface area contributed by atoms with Gasteiger partial charge < -0.3 is 10.8 Å². The molecule has 6 heteroatoms. The van der Waals surface area contributed by atoms with E-state index in [2.05, 4.69) is 10.2 Å². The third kappa shape index (κ3) is 2.95. The number of hydrogen-bond donors (Lipinski definition) is 3. The molecule has 2 aliphatic heterocycles. The minimum absolute atomic E-state index is 0.191. The van der Waals surface area contributed by atoms with Crippen molar-refractivity contribution in [3.05, 3.63) is 0 Å². The van der Waals surface area contributed by atoms with Crippen LogP contribution in [0.3, 0.4) is 0 Å². The number of hydrogen-bond acceptors (Lipinski definition) is 4. The van der Waals surface area contributed by atoms with Crippen LogP contribution in [0.1, 0.15) is 32.1 Å². The van der Waals surface area contributed by atoms with Crippen molar-refractivity contribution >= 4 is 11.9 Å². The third-order valence-corrected chi connectivity index (χ3v) is 3.72. The van der Waals surface area contributed by atoms with Crippen LogP contribution >= 0.6 is 0 Å². The van der Waals surface area contributed by atoms with E-state index in [0.717, 1.165) is 25.7 Å². The van der Waals surface area contributed by atoms with Gasteiger partial charge in [-0.25, -0.2) is 4.79 Å². The summed E-state index contributed by atoms with van der Waals surface area (Å²) in [6, 6.07) is -0.0118. The van der Waals surface area contributed by atoms with E-state index in [1.54, 1.807) is 0 Å². The highest BCUT2D eigenvalue weighted by molar-refractivity contribution is 5.93. The van der Waals surface area contributed by atoms with Gasteiger partial charge in [0.15, 0.2) is 0 Å². The summed E-state index contributed by atoms with van der Waals surface area (Å²) in [5, 5.41) is 11.7. The number of carbonyl (C=O) groups excluding carboxylic acids is 2. The molecule has 4 N–H and O–H groups in total. The number of carbonyl (C=O) groups is 2. The first-order chi connectivity index (χ1) is 8.06. The van der Waals surface area contributed by atoms with Crippen molar-refractivity contribution in [2.45, 2.75) is 50.3 Å². The highest BCUT2D eigenvalue weighted by Gasteiger charge is 2.39. The average Bonchev–Trinajstić information content (AvgIpc) is 2.45. The average molecular weight is 241 g/mol. The third-order valence-electron chi connectivity index (χ3n) is 3.72. The second kappa shape index (κ2) is 5.01. The second-order valence-corrected chi connectivity index (χ2v) is 4.91. The Morgan fingerprint density at radius 3 is 2.41 bits per heavy atom. The summed E-state index contributed by atoms with van der Waals surface area (Å²) in [7, 11) is 0. The molecule has 0 aromatic heterocycles. The SMILES string of the molecule is NC(=O)NC(=O)CCN1C2CCC1CC(O)C2. The van der Waals surface area contributed by atoms with E-state index in [0.29, 0.717) is 18.6 Å². The molecule has 2 heterocycles. The van der Waals surface area contributed by atoms with Crippen LogP contribution in [-0.2, 0) is 4.79 Å². The molecule has 0 saturated carbocycles. The topological polar surface area (TPSA) is 95.7 Å². The number of nitrogens with one attached hydrogen (secondary N) is 1. The van der Waals surface area contributed by atoms with Gasteiger partial charge in [-0.1, -0.05) is 0 Å². The maximum atomic E-state index is 11.3. The van der Waals surface area contributed by atoms with Crippen molar-refractivity contribution < 1.29 is 14.7 Å². The molecule has 6 nitrogen and oxygen atoms in total. The molecule has 0 aliphatic carbocycles. The Morgan fingerprint density at radius 2 is 1.88 bits per heavy atom. The Balaban J connectivity index is 1.80. The quantitative estimate of drug-likeness (QED) is 0.624. The molecule has 3 amide bonds. The number of amides is 3. The molecule has 2 rings (SSSR count). The molecule has 0 spiro atoms. The Kier molecular flexibility index (Phi) is 3.63. The summed E-state index contributed by atoms with van der Waals surface area (Å²) in [5.41, 5.74) is 4.87. The smallest absolute Gasteiger partial charge is 0.318 e. The van der Waals surface area contributed by atoms with Gasteiger partial charge in [-0.15, -0.1) is 0 Å². The van der Waals surface area contributed by atoms with E-state index >= 15 is 0 Å². The maximum absolute atomic E-state index is 11.3. The van der Waals surface area contributed by atoms with Crippen molar-refractivity contribution in [1.82, 2.24) is 10.2 Å². The van der Waals surface area contributed by atoms with Gasteiger partial charge in [-0.3, -0.25) is 15.0 Å². The molecule has 0 aromatic rings. The van der Waals surface area contributed by atoms with E-state index in [-0.39, 0.29) is 18.4 Å². The van der Waals surface area contributed by atoms with Gasteiger partial charge in [-0.05, 0) is 25.7 Å². The van der Waals surface area contributed by atoms with Crippen LogP contribution in [-0.4, -0.2) is 46.7 Å². The lowest BCUT2D eigenvalue weighted by Crippen LogP contribution is -2.46. The molecule has 2 fully saturated rings. The molecule has 17 heavy (non-hydrogen) atoms. The number of piperidine rings is 1. The van der Waals surface area contributed by atoms with E-state index in [1.807, 2.05) is 0 Å². The summed E-state index contributed by atoms with van der Waals surface area (Å²) in [6.45, 7) is 0.640. The van der Waals surface area contributed by atoms with Crippen LogP contribution in [0, 0.1) is 0 Å². The zero-order chi connectivity index (χ0) is 12.4. The van der Waals surface area contributed by atoms with Crippen molar-refractivity contribution in [2.75, 3.05) is 6.54 Å². The first kappa shape index (κ1) is 12.3. The molecule has 0 radical (unpaired) electrons. The first-order valence-corrected chi connectivity index (χ1v) is 6.09. The predicted molar refractivity (Wildman–Crippen MR) is 61.1 cm³/mol. The van der Waals surface area contributed by atoms with Gasteiger partial charge in [-0.2, -0.15) is 0 Å². The van der Waals surface area contributed by atoms with Crippen LogP contribution in [0.5, 0.6) is 0 Å². The molecule has 2 bridgehead atoms. The van der Waals surface area contributed by atoms with Gasteiger partial charge in [0.05, 0.1) is 6.10 Å². The molecular formula is C11H19N3O3. The molecule has 96 valence electrons. The lowest BCUT2D eigenvalue weighted by atomic mass is 10.00. The van der Waals surface area contributed by atoms with Crippen LogP contribution in [0.15, 0.2) is 0 Å². The number of fused-ring (bicyclic) bond motifs is 2. The summed E-state index contributed by atoms with van der Waals surface area (Å²) in [5.74, 6) is -0.331. The van der Waals surface area contributed by atoms with Gasteiger partial charge in [0.1, 0.15) is 0 Å². The normalized spacial score (nSPS) is 32.4. The lowest BCUT2D eigenvalue weighted by Gasteiger charge is -2.36. The van der Waals surface area contributed by atoms with Crippen molar-refractivity contribution in [1.29, 1.82) is 0 Å². The van der Waals surface area contributed by atoms with Gasteiger partial charge >= 0.3 is 6.03 Å². The Hall–Kier alpha value is -1.14. The molecule has 0 aromatic carbocycles. The minimum Gasteiger partial charge on any atom is -0.393 e. The van der Waals surface area contributed by atoms with Crippen LogP contribution in [0.2, 0.25) is 0 Å². The van der Waals surface area contributed by atoms with Gasteiger partial charge in [0.25, 0.3) is 0 Å². The van der Waals surface area contributed by atoms with Crippen molar-refractivity contribution in [3.63, 3.8) is 0 Å². The monoisotopic (exact) mass is 241 g/mol. The Morgan fingerprint density at radius 1 is 1.29 bits per heavy atom. The zero-order valence-electron chi connectivity index (χ0n) is 9.76. The van der Waals surface area contributed by atoms with E-state index in [1.165, 1.54) is 0 Å². The molecular weight excluding hydrogens is 222 g/mol. The number of nitrogens with zero attached hydrogens (tertiary/aromatic N) is 1. The Bertz CT molecular complexity index is 307. The number of aliphatic hydroxyl groups excluding tert-OH is 1. The number of primary amides is 1. The fourth-order valence-corrected chi connectivity index (χ4v) is 3.04. The van der Waals surface area contributed by atoms with E-state index in [9.17, 15) is 14.7 Å². The molecule has 2 atom stereocenters. The molecule has 2 aliphatic rings. The molecule has 2 unspecified atom stereocenters. The standard InChI is InChI=1S/C11H19N3O3/c12-11(17)13-10(16)3-4-14-7-1-2-8(14)6-9(15)5-7/h7-9,15H,1-6H2,(H3,12,13,16,17). The fraction of sp³-hybridized carbons (Fsp3) is 0.818. The summed E-state index contributed by atoms with van der Waals surface area (Å²) in [4.78, 5) is 24.1. The summed E-state index contributed by atoms with van der Waals surface area (Å²) >= 11 is 0. The molecule has 2 saturated heterocycles. The van der Waals surface area contributed by atoms with Crippen molar-refractivity contribution in [2.24, 2.45) is 5.73 Å². The van der Waals surface area contributed by atoms with E-state index < -0.39 is 6.03 Å². The number of aliphatic hydroxyl groups is 1. The van der Waals surface area contributed by atoms with Gasteiger partial charge in [0.2, 0.25) is 5.91 Å². The van der Waals surface area contributed by atoms with Gasteiger partial charge in [0, 0.05) is 25.0 Å². The summed E-state index contributed by atoms with van der Waals surface area (Å²) < 4.78 is 0. The first-order valence-electron chi connectivity index (χ1n) is 6.09. The fourth-order valence-electron chi connectivity index (χ4n) is 3.04. The largest absolute Gasteiger partial charge is 0.393 e. The summed E-state index contributed by atoms with van der Waals surface area (Å²) in [6.07, 6.45) is 3.88. The minimum atomic E-state index is -0.799. The van der Waals surface area contributed by atoms with Crippen LogP contribution in [0.25, 0.3) is 0 Å². The number of rotatable bonds is 3. The highest BCUT2D eigenvalue weighted by Crippen LogP contribution is 2.35. The zero-order valence-corrected chi connectivity index (χ0v) is 9.76. The number of imide groups is 1. The lowest BCUT2D eigenvalue weighted by molar-refractivity contribution is -0.120. The van der Waals surface area contributed by atoms with Crippen LogP contribution < -0.4 is 11.1 Å². The highest BCUT2D eigenvalue weighted by atomic mass is 16.3. The number of nitrogens with two attached hydrogens (primary N) is 1. The van der Waals surface area contributed by atoms with Crippen LogP contribution in [0.4, 0.5) is 4.79 Å². The number of urea groups is 1. The van der Waals surface area contributed by atoms with E-state index in [4.69, 9.17) is 5.73 Å².